The van der Waals surface area contributed by atoms with Gasteiger partial charge >= 0.3 is 0 Å². The molecule has 0 fully saturated rings. The van der Waals surface area contributed by atoms with Gasteiger partial charge in [-0.3, -0.25) is 0 Å². The molecule has 0 radical (unpaired) electrons. The fraction of sp³-hybridized carbons (Fsp3) is 0.333. The van der Waals surface area contributed by atoms with Crippen molar-refractivity contribution in [3.05, 3.63) is 28.2 Å². The van der Waals surface area contributed by atoms with E-state index in [1.165, 1.54) is 0 Å². The van der Waals surface area contributed by atoms with Crippen LogP contribution in [-0.4, -0.2) is 13.0 Å². The maximum atomic E-state index is 5.81. The van der Waals surface area contributed by atoms with Crippen LogP contribution >= 0.6 is 27.5 Å². The van der Waals surface area contributed by atoms with E-state index < -0.39 is 0 Å². The van der Waals surface area contributed by atoms with E-state index in [4.69, 9.17) is 22.1 Å². The Morgan fingerprint density at radius 3 is 2.85 bits per heavy atom. The molecule has 1 atom stereocenters. The van der Waals surface area contributed by atoms with Crippen molar-refractivity contribution in [1.82, 2.24) is 0 Å². The van der Waals surface area contributed by atoms with Crippen molar-refractivity contribution in [3.63, 3.8) is 0 Å². The van der Waals surface area contributed by atoms with E-state index in [9.17, 15) is 0 Å². The third kappa shape index (κ3) is 2.59. The number of hydrogen-bond donors (Lipinski definition) is 1. The number of methoxy groups -OCH3 is 1. The molecule has 0 heterocycles. The molecule has 0 amide bonds. The highest BCUT2D eigenvalue weighted by Gasteiger charge is 2.10. The van der Waals surface area contributed by atoms with Gasteiger partial charge < -0.3 is 10.5 Å². The van der Waals surface area contributed by atoms with Gasteiger partial charge in [-0.1, -0.05) is 15.9 Å². The standard InChI is InChI=1S/C9H11BrClNO/c1-13-9-3-2-6(10)4-7(9)8(12)5-11/h2-4,8H,5,12H2,1H3. The normalized spacial score (nSPS) is 12.6. The molecule has 0 saturated heterocycles. The van der Waals surface area contributed by atoms with Gasteiger partial charge in [0, 0.05) is 22.0 Å². The summed E-state index contributed by atoms with van der Waals surface area (Å²) in [5.41, 5.74) is 6.73. The second-order valence-electron chi connectivity index (χ2n) is 2.65. The molecule has 2 nitrogen and oxygen atoms in total. The Labute approximate surface area is 91.2 Å². The molecule has 0 saturated carbocycles. The third-order valence-corrected chi connectivity index (χ3v) is 2.58. The molecular weight excluding hydrogens is 253 g/mol. The lowest BCUT2D eigenvalue weighted by molar-refractivity contribution is 0.407. The first-order valence-corrected chi connectivity index (χ1v) is 5.16. The molecule has 0 aliphatic heterocycles. The molecular formula is C9H11BrClNO. The van der Waals surface area contributed by atoms with E-state index in [1.807, 2.05) is 18.2 Å². The lowest BCUT2D eigenvalue weighted by Gasteiger charge is -2.13. The summed E-state index contributed by atoms with van der Waals surface area (Å²) >= 11 is 9.04. The maximum absolute atomic E-state index is 5.81. The molecule has 0 aliphatic carbocycles. The SMILES string of the molecule is COc1ccc(Br)cc1C(N)CCl. The highest BCUT2D eigenvalue weighted by atomic mass is 79.9. The molecule has 1 aromatic carbocycles. The molecule has 1 unspecified atom stereocenters. The van der Waals surface area contributed by atoms with E-state index in [2.05, 4.69) is 15.9 Å². The average Bonchev–Trinajstić information content (AvgIpc) is 2.16. The zero-order valence-corrected chi connectivity index (χ0v) is 9.60. The zero-order valence-electron chi connectivity index (χ0n) is 7.26. The molecule has 0 bridgehead atoms. The molecule has 13 heavy (non-hydrogen) atoms. The van der Waals surface area contributed by atoms with Crippen LogP contribution in [0.1, 0.15) is 11.6 Å². The number of halogens is 2. The van der Waals surface area contributed by atoms with E-state index >= 15 is 0 Å². The van der Waals surface area contributed by atoms with Crippen molar-refractivity contribution < 1.29 is 4.74 Å². The predicted octanol–water partition coefficient (Wildman–Crippen LogP) is 2.70. The van der Waals surface area contributed by atoms with Crippen molar-refractivity contribution in [2.24, 2.45) is 5.73 Å². The van der Waals surface area contributed by atoms with Crippen LogP contribution in [0.4, 0.5) is 0 Å². The Kier molecular flexibility index (Phi) is 4.03. The van der Waals surface area contributed by atoms with Crippen LogP contribution in [0.25, 0.3) is 0 Å². The van der Waals surface area contributed by atoms with Gasteiger partial charge in [0.05, 0.1) is 7.11 Å². The maximum Gasteiger partial charge on any atom is 0.123 e. The van der Waals surface area contributed by atoms with E-state index in [0.29, 0.717) is 5.88 Å². The Morgan fingerprint density at radius 1 is 1.62 bits per heavy atom. The van der Waals surface area contributed by atoms with Crippen molar-refractivity contribution >= 4 is 27.5 Å². The second-order valence-corrected chi connectivity index (χ2v) is 3.87. The number of nitrogens with two attached hydrogens (primary N) is 1. The van der Waals surface area contributed by atoms with E-state index in [1.54, 1.807) is 7.11 Å². The average molecular weight is 265 g/mol. The Hall–Kier alpha value is -0.250. The predicted molar refractivity (Wildman–Crippen MR) is 58.3 cm³/mol. The molecule has 1 rings (SSSR count). The lowest BCUT2D eigenvalue weighted by atomic mass is 10.1. The first-order chi connectivity index (χ1) is 6.19. The summed E-state index contributed by atoms with van der Waals surface area (Å²) in [7, 11) is 1.62. The summed E-state index contributed by atoms with van der Waals surface area (Å²) in [6.07, 6.45) is 0. The Morgan fingerprint density at radius 2 is 2.31 bits per heavy atom. The fourth-order valence-electron chi connectivity index (χ4n) is 1.08. The van der Waals surface area contributed by atoms with Gasteiger partial charge in [0.25, 0.3) is 0 Å². The Balaban J connectivity index is 3.07. The minimum absolute atomic E-state index is 0.186. The van der Waals surface area contributed by atoms with Gasteiger partial charge in [0.2, 0.25) is 0 Å². The first-order valence-electron chi connectivity index (χ1n) is 3.84. The molecule has 4 heteroatoms. The number of rotatable bonds is 3. The highest BCUT2D eigenvalue weighted by molar-refractivity contribution is 9.10. The fourth-order valence-corrected chi connectivity index (χ4v) is 1.62. The van der Waals surface area contributed by atoms with Crippen LogP contribution in [0.3, 0.4) is 0 Å². The van der Waals surface area contributed by atoms with Crippen LogP contribution in [0, 0.1) is 0 Å². The van der Waals surface area contributed by atoms with Crippen LogP contribution < -0.4 is 10.5 Å². The molecule has 0 spiro atoms. The number of benzene rings is 1. The van der Waals surface area contributed by atoms with Crippen molar-refractivity contribution in [3.8, 4) is 5.75 Å². The molecule has 2 N–H and O–H groups in total. The summed E-state index contributed by atoms with van der Waals surface area (Å²) in [5, 5.41) is 0. The molecule has 1 aromatic rings. The minimum Gasteiger partial charge on any atom is -0.496 e. The molecule has 0 aromatic heterocycles. The number of ether oxygens (including phenoxy) is 1. The van der Waals surface area contributed by atoms with E-state index in [-0.39, 0.29) is 6.04 Å². The van der Waals surface area contributed by atoms with Gasteiger partial charge in [-0.2, -0.15) is 0 Å². The smallest absolute Gasteiger partial charge is 0.123 e. The third-order valence-electron chi connectivity index (χ3n) is 1.76. The van der Waals surface area contributed by atoms with E-state index in [0.717, 1.165) is 15.8 Å². The van der Waals surface area contributed by atoms with Gasteiger partial charge in [0.15, 0.2) is 0 Å². The highest BCUT2D eigenvalue weighted by Crippen LogP contribution is 2.27. The summed E-state index contributed by atoms with van der Waals surface area (Å²) in [6.45, 7) is 0. The largest absolute Gasteiger partial charge is 0.496 e. The van der Waals surface area contributed by atoms with Crippen LogP contribution in [-0.2, 0) is 0 Å². The summed E-state index contributed by atoms with van der Waals surface area (Å²) in [6, 6.07) is 5.51. The van der Waals surface area contributed by atoms with Crippen molar-refractivity contribution in [2.45, 2.75) is 6.04 Å². The van der Waals surface area contributed by atoms with Crippen molar-refractivity contribution in [1.29, 1.82) is 0 Å². The lowest BCUT2D eigenvalue weighted by Crippen LogP contribution is -2.12. The van der Waals surface area contributed by atoms with Gasteiger partial charge in [-0.25, -0.2) is 0 Å². The monoisotopic (exact) mass is 263 g/mol. The minimum atomic E-state index is -0.186. The van der Waals surface area contributed by atoms with Crippen molar-refractivity contribution in [2.75, 3.05) is 13.0 Å². The zero-order chi connectivity index (χ0) is 9.84. The summed E-state index contributed by atoms with van der Waals surface area (Å²) in [4.78, 5) is 0. The quantitative estimate of drug-likeness (QED) is 0.852. The second kappa shape index (κ2) is 4.84. The van der Waals surface area contributed by atoms with Gasteiger partial charge in [0.1, 0.15) is 5.75 Å². The number of alkyl halides is 1. The topological polar surface area (TPSA) is 35.2 Å². The van der Waals surface area contributed by atoms with Crippen LogP contribution in [0.15, 0.2) is 22.7 Å². The van der Waals surface area contributed by atoms with Gasteiger partial charge in [-0.15, -0.1) is 11.6 Å². The number of hydrogen-bond acceptors (Lipinski definition) is 2. The first kappa shape index (κ1) is 10.8. The summed E-state index contributed by atoms with van der Waals surface area (Å²) in [5.74, 6) is 1.16. The van der Waals surface area contributed by atoms with Gasteiger partial charge in [-0.05, 0) is 18.2 Å². The molecule has 0 aliphatic rings. The Bertz CT molecular complexity index is 293. The summed E-state index contributed by atoms with van der Waals surface area (Å²) < 4.78 is 6.14. The van der Waals surface area contributed by atoms with Crippen LogP contribution in [0.5, 0.6) is 5.75 Å². The van der Waals surface area contributed by atoms with Crippen LogP contribution in [0.2, 0.25) is 0 Å². The molecule has 72 valence electrons.